The Morgan fingerprint density at radius 2 is 2.17 bits per heavy atom. The molecule has 0 saturated carbocycles. The van der Waals surface area contributed by atoms with E-state index in [1.165, 1.54) is 5.12 Å². The van der Waals surface area contributed by atoms with Gasteiger partial charge in [-0.15, -0.1) is 5.12 Å². The molecule has 0 amide bonds. The average Bonchev–Trinajstić information content (AvgIpc) is 2.28. The predicted molar refractivity (Wildman–Crippen MR) is 48.9 cm³/mol. The molecule has 1 aliphatic rings. The molecule has 1 heterocycles. The topological polar surface area (TPSA) is 70.5 Å². The summed E-state index contributed by atoms with van der Waals surface area (Å²) in [6.45, 7) is 0. The fraction of sp³-hybridized carbons (Fsp3) is 0.143. The van der Waals surface area contributed by atoms with Gasteiger partial charge in [-0.25, -0.2) is 11.0 Å². The third-order valence-corrected chi connectivity index (χ3v) is 1.87. The first kappa shape index (κ1) is 7.20. The Morgan fingerprint density at radius 1 is 1.42 bits per heavy atom. The Bertz CT molecular complexity index is 311. The van der Waals surface area contributed by atoms with Crippen LogP contribution in [0.1, 0.15) is 0 Å². The Kier molecular flexibility index (Phi) is 1.36. The molecule has 1 aromatic rings. The lowest BCUT2D eigenvalue weighted by atomic mass is 10.2. The number of benzene rings is 1. The van der Waals surface area contributed by atoms with Gasteiger partial charge in [-0.2, -0.15) is 0 Å². The molecular weight excluding hydrogens is 154 g/mol. The van der Waals surface area contributed by atoms with E-state index in [9.17, 15) is 0 Å². The van der Waals surface area contributed by atoms with Crippen molar-refractivity contribution in [3.8, 4) is 0 Å². The van der Waals surface area contributed by atoms with Gasteiger partial charge in [0.25, 0.3) is 0 Å². The Morgan fingerprint density at radius 3 is 2.92 bits per heavy atom. The maximum absolute atomic E-state index is 5.70. The largest absolute Gasteiger partial charge is 0.399 e. The van der Waals surface area contributed by atoms with E-state index < -0.39 is 0 Å². The molecule has 12 heavy (non-hydrogen) atoms. The van der Waals surface area contributed by atoms with Gasteiger partial charge in [0.05, 0.1) is 11.4 Å². The third kappa shape index (κ3) is 0.876. The Balaban J connectivity index is 2.47. The van der Waals surface area contributed by atoms with Crippen LogP contribution in [0.2, 0.25) is 0 Å². The number of rotatable bonds is 0. The first-order valence-electron chi connectivity index (χ1n) is 3.63. The van der Waals surface area contributed by atoms with E-state index >= 15 is 0 Å². The molecule has 5 heteroatoms. The van der Waals surface area contributed by atoms with Crippen molar-refractivity contribution >= 4 is 17.1 Å². The minimum atomic E-state index is 0.727. The van der Waals surface area contributed by atoms with Crippen molar-refractivity contribution in [3.63, 3.8) is 0 Å². The van der Waals surface area contributed by atoms with Crippen LogP contribution in [0.4, 0.5) is 17.1 Å². The van der Waals surface area contributed by atoms with Gasteiger partial charge in [-0.05, 0) is 18.2 Å². The molecule has 0 unspecified atom stereocenters. The minimum Gasteiger partial charge on any atom is -0.399 e. The molecule has 0 saturated heterocycles. The van der Waals surface area contributed by atoms with E-state index in [2.05, 4.69) is 5.43 Å². The molecule has 0 fully saturated rings. The zero-order valence-corrected chi connectivity index (χ0v) is 6.78. The van der Waals surface area contributed by atoms with Gasteiger partial charge in [0.2, 0.25) is 0 Å². The van der Waals surface area contributed by atoms with Crippen molar-refractivity contribution in [1.82, 2.24) is 5.12 Å². The van der Waals surface area contributed by atoms with Gasteiger partial charge in [0, 0.05) is 12.7 Å². The van der Waals surface area contributed by atoms with E-state index in [0.29, 0.717) is 0 Å². The van der Waals surface area contributed by atoms with Gasteiger partial charge in [-0.1, -0.05) is 0 Å². The molecule has 1 aliphatic heterocycles. The molecule has 5 N–H and O–H groups in total. The number of nitrogen functional groups attached to an aromatic ring is 1. The van der Waals surface area contributed by atoms with E-state index in [1.54, 1.807) is 5.12 Å². The van der Waals surface area contributed by atoms with E-state index in [4.69, 9.17) is 11.6 Å². The molecule has 2 rings (SSSR count). The van der Waals surface area contributed by atoms with Crippen LogP contribution in [0.5, 0.6) is 0 Å². The monoisotopic (exact) mass is 165 g/mol. The van der Waals surface area contributed by atoms with Crippen LogP contribution < -0.4 is 22.1 Å². The SMILES string of the molecule is CN1Nc2cc(N)ccc2N1N. The Labute approximate surface area is 70.5 Å². The van der Waals surface area contributed by atoms with E-state index in [1.807, 2.05) is 25.2 Å². The fourth-order valence-electron chi connectivity index (χ4n) is 1.23. The molecule has 0 spiro atoms. The summed E-state index contributed by atoms with van der Waals surface area (Å²) in [7, 11) is 1.83. The highest BCUT2D eigenvalue weighted by atomic mass is 15.9. The summed E-state index contributed by atoms with van der Waals surface area (Å²) in [6, 6.07) is 5.54. The highest BCUT2D eigenvalue weighted by molar-refractivity contribution is 5.75. The summed E-state index contributed by atoms with van der Waals surface area (Å²) >= 11 is 0. The molecule has 0 aromatic heterocycles. The van der Waals surface area contributed by atoms with Crippen molar-refractivity contribution in [1.29, 1.82) is 0 Å². The summed E-state index contributed by atoms with van der Waals surface area (Å²) in [5.74, 6) is 5.70. The number of nitrogens with zero attached hydrogens (tertiary/aromatic N) is 2. The number of nitrogens with two attached hydrogens (primary N) is 2. The van der Waals surface area contributed by atoms with E-state index in [0.717, 1.165) is 17.1 Å². The van der Waals surface area contributed by atoms with Crippen LogP contribution in [0, 0.1) is 0 Å². The summed E-state index contributed by atoms with van der Waals surface area (Å²) < 4.78 is 0. The summed E-state index contributed by atoms with van der Waals surface area (Å²) in [6.07, 6.45) is 0. The van der Waals surface area contributed by atoms with Crippen molar-refractivity contribution in [2.45, 2.75) is 0 Å². The van der Waals surface area contributed by atoms with Crippen molar-refractivity contribution in [2.75, 3.05) is 23.3 Å². The van der Waals surface area contributed by atoms with Crippen LogP contribution in [0.3, 0.4) is 0 Å². The maximum Gasteiger partial charge on any atom is 0.0967 e. The molecule has 0 radical (unpaired) electrons. The van der Waals surface area contributed by atoms with Crippen molar-refractivity contribution < 1.29 is 0 Å². The number of anilines is 3. The first-order chi connectivity index (χ1) is 5.68. The molecule has 0 atom stereocenters. The van der Waals surface area contributed by atoms with Crippen molar-refractivity contribution in [3.05, 3.63) is 18.2 Å². The fourth-order valence-corrected chi connectivity index (χ4v) is 1.23. The van der Waals surface area contributed by atoms with Crippen LogP contribution in [-0.4, -0.2) is 12.2 Å². The summed E-state index contributed by atoms with van der Waals surface area (Å²) in [5.41, 5.74) is 11.2. The summed E-state index contributed by atoms with van der Waals surface area (Å²) in [5, 5.41) is 3.21. The van der Waals surface area contributed by atoms with Gasteiger partial charge in [0.1, 0.15) is 0 Å². The summed E-state index contributed by atoms with van der Waals surface area (Å²) in [4.78, 5) is 0. The molecule has 1 aromatic carbocycles. The quantitative estimate of drug-likeness (QED) is 0.376. The highest BCUT2D eigenvalue weighted by Crippen LogP contribution is 2.31. The second kappa shape index (κ2) is 2.26. The number of hydrogen-bond donors (Lipinski definition) is 3. The second-order valence-electron chi connectivity index (χ2n) is 2.76. The molecular formula is C7H11N5. The highest BCUT2D eigenvalue weighted by Gasteiger charge is 2.20. The standard InChI is InChI=1S/C7H11N5/c1-11-10-6-4-5(8)2-3-7(6)12(11)9/h2-4,10H,8-9H2,1H3. The maximum atomic E-state index is 5.70. The molecule has 64 valence electrons. The Hall–Kier alpha value is -1.46. The molecule has 5 nitrogen and oxygen atoms in total. The van der Waals surface area contributed by atoms with Gasteiger partial charge in [-0.3, -0.25) is 5.43 Å². The lowest BCUT2D eigenvalue weighted by Crippen LogP contribution is -2.43. The van der Waals surface area contributed by atoms with Crippen molar-refractivity contribution in [2.24, 2.45) is 5.84 Å². The zero-order valence-electron chi connectivity index (χ0n) is 6.78. The van der Waals surface area contributed by atoms with Crippen LogP contribution in [0.25, 0.3) is 0 Å². The molecule has 0 bridgehead atoms. The molecule has 0 aliphatic carbocycles. The van der Waals surface area contributed by atoms with Crippen LogP contribution >= 0.6 is 0 Å². The number of nitrogens with one attached hydrogen (secondary N) is 1. The van der Waals surface area contributed by atoms with Gasteiger partial charge < -0.3 is 5.73 Å². The zero-order chi connectivity index (χ0) is 8.72. The first-order valence-corrected chi connectivity index (χ1v) is 3.63. The minimum absolute atomic E-state index is 0.727. The number of hydrazine groups is 3. The predicted octanol–water partition coefficient (Wildman–Crippen LogP) is 0.136. The number of hydrogen-bond acceptors (Lipinski definition) is 5. The normalized spacial score (nSPS) is 16.0. The third-order valence-electron chi connectivity index (χ3n) is 1.87. The van der Waals surface area contributed by atoms with Gasteiger partial charge in [0.15, 0.2) is 0 Å². The van der Waals surface area contributed by atoms with Gasteiger partial charge >= 0.3 is 0 Å². The number of fused-ring (bicyclic) bond motifs is 1. The smallest absolute Gasteiger partial charge is 0.0967 e. The van der Waals surface area contributed by atoms with Crippen LogP contribution in [-0.2, 0) is 0 Å². The van der Waals surface area contributed by atoms with E-state index in [-0.39, 0.29) is 0 Å². The van der Waals surface area contributed by atoms with Crippen LogP contribution in [0.15, 0.2) is 18.2 Å². The lowest BCUT2D eigenvalue weighted by Gasteiger charge is -2.18. The average molecular weight is 165 g/mol. The second-order valence-corrected chi connectivity index (χ2v) is 2.76. The lowest BCUT2D eigenvalue weighted by molar-refractivity contribution is 0.391.